The van der Waals surface area contributed by atoms with Gasteiger partial charge in [0, 0.05) is 24.7 Å². The average molecular weight is 280 g/mol. The number of hydrogen-bond donors (Lipinski definition) is 1. The Bertz CT molecular complexity index is 290. The van der Waals surface area contributed by atoms with Crippen molar-refractivity contribution in [2.45, 2.75) is 91.3 Å². The fourth-order valence-corrected chi connectivity index (χ4v) is 4.24. The first-order chi connectivity index (χ1) is 9.44. The van der Waals surface area contributed by atoms with Crippen molar-refractivity contribution in [3.63, 3.8) is 0 Å². The lowest BCUT2D eigenvalue weighted by molar-refractivity contribution is 0.0165. The predicted octanol–water partition coefficient (Wildman–Crippen LogP) is 4.05. The predicted molar refractivity (Wildman–Crippen MR) is 88.1 cm³/mol. The van der Waals surface area contributed by atoms with Gasteiger partial charge in [-0.15, -0.1) is 0 Å². The van der Waals surface area contributed by atoms with E-state index < -0.39 is 0 Å². The van der Waals surface area contributed by atoms with Gasteiger partial charge in [0.25, 0.3) is 0 Å². The minimum Gasteiger partial charge on any atom is -0.314 e. The van der Waals surface area contributed by atoms with Gasteiger partial charge in [-0.2, -0.15) is 0 Å². The molecule has 1 saturated heterocycles. The second-order valence-corrected chi connectivity index (χ2v) is 8.08. The van der Waals surface area contributed by atoms with Crippen LogP contribution in [0.15, 0.2) is 0 Å². The quantitative estimate of drug-likeness (QED) is 0.835. The maximum atomic E-state index is 3.76. The smallest absolute Gasteiger partial charge is 0.0120 e. The van der Waals surface area contributed by atoms with Gasteiger partial charge in [-0.05, 0) is 63.3 Å². The molecule has 3 unspecified atom stereocenters. The molecule has 1 aliphatic heterocycles. The molecular formula is C18H36N2. The van der Waals surface area contributed by atoms with Gasteiger partial charge in [0.2, 0.25) is 0 Å². The van der Waals surface area contributed by atoms with Crippen LogP contribution in [0, 0.1) is 11.3 Å². The van der Waals surface area contributed by atoms with E-state index in [1.807, 2.05) is 0 Å². The molecule has 2 rings (SSSR count). The van der Waals surface area contributed by atoms with Gasteiger partial charge < -0.3 is 5.32 Å². The Hall–Kier alpha value is -0.0800. The molecule has 0 amide bonds. The van der Waals surface area contributed by atoms with E-state index in [1.54, 1.807) is 0 Å². The molecule has 20 heavy (non-hydrogen) atoms. The third-order valence-corrected chi connectivity index (χ3v) is 6.05. The minimum absolute atomic E-state index is 0.590. The number of hydrogen-bond acceptors (Lipinski definition) is 2. The summed E-state index contributed by atoms with van der Waals surface area (Å²) in [5, 5.41) is 3.76. The normalized spacial score (nSPS) is 36.1. The van der Waals surface area contributed by atoms with Gasteiger partial charge in [-0.25, -0.2) is 0 Å². The zero-order valence-corrected chi connectivity index (χ0v) is 14.4. The van der Waals surface area contributed by atoms with Crippen LogP contribution in [0.3, 0.4) is 0 Å². The average Bonchev–Trinajstić information content (AvgIpc) is 2.41. The topological polar surface area (TPSA) is 15.3 Å². The van der Waals surface area contributed by atoms with Crippen LogP contribution in [0.4, 0.5) is 0 Å². The Kier molecular flexibility index (Phi) is 5.53. The lowest BCUT2D eigenvalue weighted by Crippen LogP contribution is -2.57. The molecule has 1 saturated carbocycles. The summed E-state index contributed by atoms with van der Waals surface area (Å²) in [5.41, 5.74) is 0.590. The number of nitrogens with one attached hydrogen (secondary N) is 1. The largest absolute Gasteiger partial charge is 0.314 e. The number of likely N-dealkylation sites (tertiary alicyclic amines) is 1. The van der Waals surface area contributed by atoms with Crippen LogP contribution in [0.5, 0.6) is 0 Å². The number of piperidine rings is 1. The van der Waals surface area contributed by atoms with Crippen LogP contribution in [-0.4, -0.2) is 36.1 Å². The van der Waals surface area contributed by atoms with Gasteiger partial charge in [-0.1, -0.05) is 27.7 Å². The second kappa shape index (κ2) is 6.79. The van der Waals surface area contributed by atoms with Gasteiger partial charge in [0.1, 0.15) is 0 Å². The maximum absolute atomic E-state index is 3.76. The van der Waals surface area contributed by atoms with E-state index in [4.69, 9.17) is 0 Å². The molecule has 0 spiro atoms. The molecule has 2 aliphatic rings. The van der Waals surface area contributed by atoms with E-state index in [0.717, 1.165) is 24.0 Å². The van der Waals surface area contributed by atoms with E-state index in [0.29, 0.717) is 5.41 Å². The van der Waals surface area contributed by atoms with E-state index in [-0.39, 0.29) is 0 Å². The summed E-state index contributed by atoms with van der Waals surface area (Å²) in [5.74, 6) is 0.783. The van der Waals surface area contributed by atoms with Gasteiger partial charge in [0.15, 0.2) is 0 Å². The molecule has 2 fully saturated rings. The van der Waals surface area contributed by atoms with Crippen molar-refractivity contribution in [3.8, 4) is 0 Å². The third kappa shape index (κ3) is 3.76. The first kappa shape index (κ1) is 16.3. The maximum Gasteiger partial charge on any atom is 0.0120 e. The summed E-state index contributed by atoms with van der Waals surface area (Å²) >= 11 is 0. The Balaban J connectivity index is 1.89. The Morgan fingerprint density at radius 1 is 1.10 bits per heavy atom. The molecule has 2 heteroatoms. The van der Waals surface area contributed by atoms with Crippen LogP contribution < -0.4 is 5.32 Å². The lowest BCUT2D eigenvalue weighted by atomic mass is 9.74. The summed E-state index contributed by atoms with van der Waals surface area (Å²) in [6, 6.07) is 2.33. The Labute approximate surface area is 126 Å². The molecule has 0 aromatic heterocycles. The van der Waals surface area contributed by atoms with Crippen LogP contribution in [0.1, 0.15) is 73.1 Å². The highest BCUT2D eigenvalue weighted by Gasteiger charge is 2.38. The van der Waals surface area contributed by atoms with Crippen molar-refractivity contribution in [2.75, 3.05) is 13.1 Å². The molecule has 0 radical (unpaired) electrons. The first-order valence-corrected chi connectivity index (χ1v) is 8.94. The first-order valence-electron chi connectivity index (χ1n) is 8.94. The lowest BCUT2D eigenvalue weighted by Gasteiger charge is -2.49. The minimum atomic E-state index is 0.590. The SMILES string of the molecule is CCCNC1CCN(C2CCC(C)(C)CC2)C(C)C1C. The molecule has 3 atom stereocenters. The van der Waals surface area contributed by atoms with E-state index >= 15 is 0 Å². The van der Waals surface area contributed by atoms with Crippen molar-refractivity contribution in [3.05, 3.63) is 0 Å². The molecule has 0 bridgehead atoms. The highest BCUT2D eigenvalue weighted by molar-refractivity contribution is 4.93. The molecule has 1 N–H and O–H groups in total. The van der Waals surface area contributed by atoms with Crippen LogP contribution in [-0.2, 0) is 0 Å². The van der Waals surface area contributed by atoms with Gasteiger partial charge in [-0.3, -0.25) is 4.90 Å². The fourth-order valence-electron chi connectivity index (χ4n) is 4.24. The summed E-state index contributed by atoms with van der Waals surface area (Å²) in [7, 11) is 0. The van der Waals surface area contributed by atoms with Gasteiger partial charge >= 0.3 is 0 Å². The summed E-state index contributed by atoms with van der Waals surface area (Å²) < 4.78 is 0. The van der Waals surface area contributed by atoms with Crippen molar-refractivity contribution in [1.82, 2.24) is 10.2 Å². The molecule has 0 aromatic rings. The monoisotopic (exact) mass is 280 g/mol. The standard InChI is InChI=1S/C18H36N2/c1-6-12-19-17-9-13-20(15(3)14(17)2)16-7-10-18(4,5)11-8-16/h14-17,19H,6-13H2,1-5H3. The van der Waals surface area contributed by atoms with Crippen molar-refractivity contribution < 1.29 is 0 Å². The van der Waals surface area contributed by atoms with Crippen molar-refractivity contribution in [2.24, 2.45) is 11.3 Å². The molecule has 1 aliphatic carbocycles. The molecular weight excluding hydrogens is 244 g/mol. The molecule has 118 valence electrons. The van der Waals surface area contributed by atoms with E-state index in [2.05, 4.69) is 44.8 Å². The molecule has 1 heterocycles. The second-order valence-electron chi connectivity index (χ2n) is 8.08. The fraction of sp³-hybridized carbons (Fsp3) is 1.00. The zero-order chi connectivity index (χ0) is 14.8. The van der Waals surface area contributed by atoms with E-state index in [1.165, 1.54) is 51.6 Å². The number of nitrogens with zero attached hydrogens (tertiary/aromatic N) is 1. The Morgan fingerprint density at radius 2 is 1.75 bits per heavy atom. The highest BCUT2D eigenvalue weighted by atomic mass is 15.2. The molecule has 0 aromatic carbocycles. The number of rotatable bonds is 4. The van der Waals surface area contributed by atoms with E-state index in [9.17, 15) is 0 Å². The highest BCUT2D eigenvalue weighted by Crippen LogP contribution is 2.39. The van der Waals surface area contributed by atoms with Crippen molar-refractivity contribution in [1.29, 1.82) is 0 Å². The van der Waals surface area contributed by atoms with Crippen LogP contribution in [0.25, 0.3) is 0 Å². The van der Waals surface area contributed by atoms with Gasteiger partial charge in [0.05, 0.1) is 0 Å². The Morgan fingerprint density at radius 3 is 2.35 bits per heavy atom. The summed E-state index contributed by atoms with van der Waals surface area (Å²) in [6.07, 6.45) is 8.23. The third-order valence-electron chi connectivity index (χ3n) is 6.05. The summed E-state index contributed by atoms with van der Waals surface area (Å²) in [6.45, 7) is 14.5. The van der Waals surface area contributed by atoms with Crippen LogP contribution >= 0.6 is 0 Å². The summed E-state index contributed by atoms with van der Waals surface area (Å²) in [4.78, 5) is 2.84. The zero-order valence-electron chi connectivity index (χ0n) is 14.4. The van der Waals surface area contributed by atoms with Crippen LogP contribution in [0.2, 0.25) is 0 Å². The van der Waals surface area contributed by atoms with Crippen molar-refractivity contribution >= 4 is 0 Å². The molecule has 2 nitrogen and oxygen atoms in total.